The Morgan fingerprint density at radius 3 is 1.88 bits per heavy atom. The predicted octanol–water partition coefficient (Wildman–Crippen LogP) is 4.48. The number of rotatable bonds is 6. The summed E-state index contributed by atoms with van der Waals surface area (Å²) >= 11 is 0. The molecule has 2 N–H and O–H groups in total. The molecule has 0 aliphatic heterocycles. The average molecular weight is 393 g/mol. The lowest BCUT2D eigenvalue weighted by atomic mass is 10.3. The summed E-state index contributed by atoms with van der Waals surface area (Å²) in [5, 5.41) is 0. The van der Waals surface area contributed by atoms with Gasteiger partial charge in [-0.2, -0.15) is 39.5 Å². The van der Waals surface area contributed by atoms with Gasteiger partial charge in [-0.25, -0.2) is 8.78 Å². The van der Waals surface area contributed by atoms with Gasteiger partial charge in [-0.15, -0.1) is 0 Å². The molecule has 0 amide bonds. The lowest BCUT2D eigenvalue weighted by molar-refractivity contribution is -0.460. The highest BCUT2D eigenvalue weighted by atomic mass is 19.4. The van der Waals surface area contributed by atoms with Crippen LogP contribution in [0.3, 0.4) is 0 Å². The molecule has 0 fully saturated rings. The molecule has 0 aliphatic carbocycles. The summed E-state index contributed by atoms with van der Waals surface area (Å²) in [6, 6.07) is 1.31. The zero-order valence-corrected chi connectivity index (χ0v) is 11.4. The molecule has 0 aromatic heterocycles. The third-order valence-corrected chi connectivity index (χ3v) is 2.46. The SMILES string of the molecule is Nc1ccc(OC(F)(F)C(F)OC(F)(F)C(F)(F)C(F)(F)F)cc1F. The van der Waals surface area contributed by atoms with Crippen molar-refractivity contribution in [2.24, 2.45) is 0 Å². The van der Waals surface area contributed by atoms with Crippen LogP contribution in [0.1, 0.15) is 0 Å². The molecule has 0 heterocycles. The second-order valence-corrected chi connectivity index (χ2v) is 4.37. The number of nitrogens with two attached hydrogens (primary N) is 1. The van der Waals surface area contributed by atoms with E-state index in [0.29, 0.717) is 12.1 Å². The Kier molecular flexibility index (Phi) is 5.38. The largest absolute Gasteiger partial charge is 0.462 e. The van der Waals surface area contributed by atoms with Crippen molar-refractivity contribution in [2.45, 2.75) is 30.7 Å². The third-order valence-electron chi connectivity index (χ3n) is 2.46. The molecule has 0 saturated heterocycles. The number of anilines is 1. The normalized spacial score (nSPS) is 15.2. The number of hydrogen-bond acceptors (Lipinski definition) is 3. The molecule has 0 bridgehead atoms. The minimum Gasteiger partial charge on any atom is -0.428 e. The predicted molar refractivity (Wildman–Crippen MR) is 58.3 cm³/mol. The van der Waals surface area contributed by atoms with Crippen molar-refractivity contribution < 1.29 is 57.8 Å². The first-order chi connectivity index (χ1) is 11.0. The van der Waals surface area contributed by atoms with Gasteiger partial charge in [-0.1, -0.05) is 0 Å². The molecule has 14 heteroatoms. The van der Waals surface area contributed by atoms with Crippen molar-refractivity contribution in [3.8, 4) is 5.75 Å². The van der Waals surface area contributed by atoms with Gasteiger partial charge in [-0.3, -0.25) is 4.74 Å². The first kappa shape index (κ1) is 21.1. The Balaban J connectivity index is 2.96. The minimum absolute atomic E-state index is 0.151. The highest BCUT2D eigenvalue weighted by molar-refractivity contribution is 5.43. The summed E-state index contributed by atoms with van der Waals surface area (Å²) in [7, 11) is 0. The number of benzene rings is 1. The molecule has 0 saturated carbocycles. The molecule has 1 unspecified atom stereocenters. The van der Waals surface area contributed by atoms with Crippen LogP contribution in [-0.4, -0.2) is 30.7 Å². The monoisotopic (exact) mass is 393 g/mol. The maximum Gasteiger partial charge on any atom is 0.462 e. The van der Waals surface area contributed by atoms with Crippen molar-refractivity contribution in [1.29, 1.82) is 0 Å². The van der Waals surface area contributed by atoms with Gasteiger partial charge in [0, 0.05) is 6.07 Å². The van der Waals surface area contributed by atoms with Crippen LogP contribution >= 0.6 is 0 Å². The lowest BCUT2D eigenvalue weighted by Crippen LogP contribution is -2.56. The zero-order valence-electron chi connectivity index (χ0n) is 11.4. The van der Waals surface area contributed by atoms with E-state index in [4.69, 9.17) is 5.73 Å². The van der Waals surface area contributed by atoms with Crippen LogP contribution in [0.15, 0.2) is 18.2 Å². The molecule has 1 aromatic carbocycles. The smallest absolute Gasteiger partial charge is 0.428 e. The van der Waals surface area contributed by atoms with E-state index in [9.17, 15) is 48.3 Å². The molecule has 1 aromatic rings. The van der Waals surface area contributed by atoms with Crippen LogP contribution in [0.25, 0.3) is 0 Å². The van der Waals surface area contributed by atoms with E-state index in [1.54, 1.807) is 0 Å². The maximum absolute atomic E-state index is 13.2. The van der Waals surface area contributed by atoms with Crippen molar-refractivity contribution in [3.63, 3.8) is 0 Å². The average Bonchev–Trinajstić information content (AvgIpc) is 2.40. The number of nitrogen functional groups attached to an aromatic ring is 1. The van der Waals surface area contributed by atoms with E-state index >= 15 is 0 Å². The minimum atomic E-state index is -6.98. The summed E-state index contributed by atoms with van der Waals surface area (Å²) in [5.74, 6) is -9.53. The molecular weight excluding hydrogens is 387 g/mol. The fourth-order valence-corrected chi connectivity index (χ4v) is 1.21. The highest BCUT2D eigenvalue weighted by Crippen LogP contribution is 2.48. The van der Waals surface area contributed by atoms with E-state index in [2.05, 4.69) is 9.47 Å². The van der Waals surface area contributed by atoms with Gasteiger partial charge in [0.25, 0.3) is 0 Å². The molecule has 1 atom stereocenters. The molecular formula is C11H6F11NO2. The molecule has 1 rings (SSSR count). The van der Waals surface area contributed by atoms with E-state index in [1.165, 1.54) is 0 Å². The van der Waals surface area contributed by atoms with E-state index < -0.39 is 47.9 Å². The molecule has 25 heavy (non-hydrogen) atoms. The summed E-state index contributed by atoms with van der Waals surface area (Å²) in [6.07, 6.45) is -23.9. The van der Waals surface area contributed by atoms with Crippen molar-refractivity contribution >= 4 is 5.69 Å². The Morgan fingerprint density at radius 2 is 1.44 bits per heavy atom. The summed E-state index contributed by atoms with van der Waals surface area (Å²) in [6.45, 7) is 0. The van der Waals surface area contributed by atoms with Crippen molar-refractivity contribution in [2.75, 3.05) is 5.73 Å². The molecule has 144 valence electrons. The van der Waals surface area contributed by atoms with Crippen LogP contribution in [0.2, 0.25) is 0 Å². The third kappa shape index (κ3) is 4.35. The van der Waals surface area contributed by atoms with Crippen LogP contribution in [0.4, 0.5) is 54.0 Å². The van der Waals surface area contributed by atoms with Gasteiger partial charge in [0.2, 0.25) is 0 Å². The standard InChI is InChI=1S/C11H6F11NO2/c12-5-3-4(1-2-6(5)23)24-8(14,15)7(13)25-11(21,22)9(16,17)10(18,19)20/h1-3,7H,23H2. The number of halogens is 11. The molecule has 0 radical (unpaired) electrons. The molecule has 0 aliphatic rings. The van der Waals surface area contributed by atoms with Gasteiger partial charge in [-0.05, 0) is 12.1 Å². The first-order valence-electron chi connectivity index (χ1n) is 5.77. The zero-order chi connectivity index (χ0) is 19.8. The number of hydrogen-bond donors (Lipinski definition) is 1. The van der Waals surface area contributed by atoms with Crippen LogP contribution in [-0.2, 0) is 4.74 Å². The quantitative estimate of drug-likeness (QED) is 0.573. The van der Waals surface area contributed by atoms with Gasteiger partial charge >= 0.3 is 30.7 Å². The van der Waals surface area contributed by atoms with Crippen LogP contribution < -0.4 is 10.5 Å². The molecule has 3 nitrogen and oxygen atoms in total. The fourth-order valence-electron chi connectivity index (χ4n) is 1.21. The van der Waals surface area contributed by atoms with E-state index in [1.807, 2.05) is 0 Å². The fraction of sp³-hybridized carbons (Fsp3) is 0.455. The van der Waals surface area contributed by atoms with E-state index in [0.717, 1.165) is 0 Å². The maximum atomic E-state index is 13.2. The summed E-state index contributed by atoms with van der Waals surface area (Å²) < 4.78 is 144. The highest BCUT2D eigenvalue weighted by Gasteiger charge is 2.76. The summed E-state index contributed by atoms with van der Waals surface area (Å²) in [5.41, 5.74) is 4.41. The van der Waals surface area contributed by atoms with Crippen LogP contribution in [0.5, 0.6) is 5.75 Å². The summed E-state index contributed by atoms with van der Waals surface area (Å²) in [4.78, 5) is 0. The van der Waals surface area contributed by atoms with Crippen molar-refractivity contribution in [3.05, 3.63) is 24.0 Å². The van der Waals surface area contributed by atoms with Gasteiger partial charge in [0.15, 0.2) is 0 Å². The number of alkyl halides is 10. The van der Waals surface area contributed by atoms with Crippen molar-refractivity contribution in [1.82, 2.24) is 0 Å². The number of ether oxygens (including phenoxy) is 2. The van der Waals surface area contributed by atoms with Crippen LogP contribution in [0, 0.1) is 5.82 Å². The van der Waals surface area contributed by atoms with Gasteiger partial charge in [0.1, 0.15) is 11.6 Å². The Labute approximate surface area is 131 Å². The lowest BCUT2D eigenvalue weighted by Gasteiger charge is -2.30. The van der Waals surface area contributed by atoms with Gasteiger partial charge in [0.05, 0.1) is 5.69 Å². The topological polar surface area (TPSA) is 44.5 Å². The second kappa shape index (κ2) is 6.38. The first-order valence-corrected chi connectivity index (χ1v) is 5.77. The van der Waals surface area contributed by atoms with E-state index in [-0.39, 0.29) is 6.07 Å². The van der Waals surface area contributed by atoms with Gasteiger partial charge < -0.3 is 10.5 Å². The second-order valence-electron chi connectivity index (χ2n) is 4.37. The Hall–Kier alpha value is -1.99. The molecule has 0 spiro atoms. The Bertz CT molecular complexity index is 617. The Morgan fingerprint density at radius 1 is 0.920 bits per heavy atom.